The van der Waals surface area contributed by atoms with Crippen LogP contribution in [0.1, 0.15) is 89.0 Å². The van der Waals surface area contributed by atoms with Crippen LogP contribution in [0.2, 0.25) is 0 Å². The number of carbonyl (C=O) groups is 5. The molecule has 0 aromatic carbocycles. The molecule has 0 aliphatic rings. The number of ether oxygens (including phenoxy) is 3. The number of carbonyl (C=O) groups excluding carboxylic acids is 5. The fourth-order valence-electron chi connectivity index (χ4n) is 4.26. The van der Waals surface area contributed by atoms with E-state index in [-0.39, 0.29) is 45.5 Å². The third-order valence-electron chi connectivity index (χ3n) is 6.95. The van der Waals surface area contributed by atoms with Gasteiger partial charge in [0.1, 0.15) is 16.8 Å². The van der Waals surface area contributed by atoms with Crippen molar-refractivity contribution in [2.75, 3.05) is 39.3 Å². The lowest BCUT2D eigenvalue weighted by Gasteiger charge is -2.19. The standard InChI is InChI=1S/2C14H20F3N5O3.C12H21N5O2.CH4/c2*1-13(2,3)25-12(24)19-7-4-6-18-11(22-9-5-8-20-22)21-10(23)14(15,16)17;1-12(2,3)19-11(18)15-7-4-6-14-10(13)17-9-5-8-16-17;/h2*5,8-9H,4,6-7H2,1-3H3,(H,19,24)(H,18,21,23);5,8-9H,4,6-7H2,1-3H3,(H2,13,14)(H,15,18);1H4. The smallest absolute Gasteiger partial charge is 0.444 e. The van der Waals surface area contributed by atoms with Crippen molar-refractivity contribution in [3.8, 4) is 0 Å². The first-order valence-electron chi connectivity index (χ1n) is 20.9. The van der Waals surface area contributed by atoms with Crippen molar-refractivity contribution in [2.24, 2.45) is 20.7 Å². The lowest BCUT2D eigenvalue weighted by molar-refractivity contribution is -0.172. The molecule has 0 atom stereocenters. The number of aromatic nitrogens is 6. The maximum atomic E-state index is 12.4. The first kappa shape index (κ1) is 62.8. The quantitative estimate of drug-likeness (QED) is 0.0462. The molecular formula is C41H65F6N15O8. The number of nitrogens with one attached hydrogen (secondary N) is 5. The molecule has 0 aliphatic heterocycles. The van der Waals surface area contributed by atoms with Gasteiger partial charge in [0.15, 0.2) is 0 Å². The van der Waals surface area contributed by atoms with E-state index in [1.165, 1.54) is 41.6 Å². The molecule has 0 radical (unpaired) electrons. The molecule has 29 heteroatoms. The Kier molecular flexibility index (Phi) is 26.6. The van der Waals surface area contributed by atoms with Gasteiger partial charge in [-0.05, 0) is 99.8 Å². The van der Waals surface area contributed by atoms with Gasteiger partial charge in [0, 0.05) is 76.4 Å². The molecule has 0 bridgehead atoms. The second-order valence-electron chi connectivity index (χ2n) is 16.8. The number of alkyl carbamates (subject to hydrolysis) is 3. The predicted octanol–water partition coefficient (Wildman–Crippen LogP) is 4.96. The Morgan fingerprint density at radius 3 is 1.06 bits per heavy atom. The van der Waals surface area contributed by atoms with Crippen LogP contribution in [0, 0.1) is 0 Å². The summed E-state index contributed by atoms with van der Waals surface area (Å²) in [6.07, 6.45) is -1.66. The summed E-state index contributed by atoms with van der Waals surface area (Å²) in [6, 6.07) is 4.71. The molecule has 394 valence electrons. The molecule has 0 fully saturated rings. The van der Waals surface area contributed by atoms with Crippen molar-refractivity contribution in [3.63, 3.8) is 0 Å². The highest BCUT2D eigenvalue weighted by atomic mass is 19.4. The van der Waals surface area contributed by atoms with Gasteiger partial charge in [0.05, 0.1) is 0 Å². The highest BCUT2D eigenvalue weighted by Gasteiger charge is 2.40. The number of nitrogens with zero attached hydrogens (tertiary/aromatic N) is 9. The molecule has 3 heterocycles. The molecule has 3 rings (SSSR count). The van der Waals surface area contributed by atoms with Gasteiger partial charge in [0.2, 0.25) is 17.9 Å². The lowest BCUT2D eigenvalue weighted by Crippen LogP contribution is -2.43. The van der Waals surface area contributed by atoms with Crippen molar-refractivity contribution in [2.45, 2.75) is 118 Å². The van der Waals surface area contributed by atoms with E-state index < -0.39 is 59.2 Å². The van der Waals surface area contributed by atoms with Gasteiger partial charge >= 0.3 is 42.4 Å². The molecule has 0 unspecified atom stereocenters. The van der Waals surface area contributed by atoms with E-state index in [1.54, 1.807) is 70.6 Å². The van der Waals surface area contributed by atoms with Crippen molar-refractivity contribution < 1.29 is 64.5 Å². The largest absolute Gasteiger partial charge is 0.471 e. The van der Waals surface area contributed by atoms with Gasteiger partial charge in [-0.15, -0.1) is 0 Å². The highest BCUT2D eigenvalue weighted by Crippen LogP contribution is 2.15. The maximum absolute atomic E-state index is 12.4. The summed E-state index contributed by atoms with van der Waals surface area (Å²) in [6.45, 7) is 17.3. The van der Waals surface area contributed by atoms with Gasteiger partial charge < -0.3 is 35.9 Å². The van der Waals surface area contributed by atoms with Crippen LogP contribution in [0.4, 0.5) is 40.7 Å². The zero-order valence-corrected chi connectivity index (χ0v) is 39.7. The van der Waals surface area contributed by atoms with Crippen LogP contribution in [0.25, 0.3) is 0 Å². The Morgan fingerprint density at radius 1 is 0.514 bits per heavy atom. The predicted molar refractivity (Wildman–Crippen MR) is 246 cm³/mol. The number of alkyl halides is 6. The second kappa shape index (κ2) is 29.6. The van der Waals surface area contributed by atoms with E-state index in [2.05, 4.69) is 46.2 Å². The molecule has 0 aliphatic carbocycles. The molecule has 0 saturated heterocycles. The summed E-state index contributed by atoms with van der Waals surface area (Å²) in [5, 5.41) is 22.4. The minimum absolute atomic E-state index is 0. The molecule has 3 aromatic rings. The van der Waals surface area contributed by atoms with Crippen LogP contribution >= 0.6 is 0 Å². The Balaban J connectivity index is 0.00000102. The summed E-state index contributed by atoms with van der Waals surface area (Å²) >= 11 is 0. The van der Waals surface area contributed by atoms with E-state index in [0.717, 1.165) is 9.36 Å². The van der Waals surface area contributed by atoms with E-state index >= 15 is 0 Å². The van der Waals surface area contributed by atoms with E-state index in [1.807, 2.05) is 20.8 Å². The van der Waals surface area contributed by atoms with E-state index in [4.69, 9.17) is 19.9 Å². The summed E-state index contributed by atoms with van der Waals surface area (Å²) in [4.78, 5) is 68.2. The zero-order valence-electron chi connectivity index (χ0n) is 39.7. The minimum atomic E-state index is -5.04. The summed E-state index contributed by atoms with van der Waals surface area (Å²) in [5.74, 6) is -4.67. The fraction of sp³-hybridized carbons (Fsp3) is 0.585. The molecule has 7 N–H and O–H groups in total. The van der Waals surface area contributed by atoms with Crippen LogP contribution in [-0.4, -0.2) is 146 Å². The van der Waals surface area contributed by atoms with Crippen molar-refractivity contribution in [3.05, 3.63) is 55.4 Å². The molecular weight excluding hydrogens is 945 g/mol. The average molecular weight is 1010 g/mol. The van der Waals surface area contributed by atoms with Crippen LogP contribution in [0.15, 0.2) is 70.4 Å². The first-order valence-corrected chi connectivity index (χ1v) is 20.9. The SMILES string of the molecule is C.CC(C)(C)OC(=O)NCCCN=C(N)n1cccn1.CC(C)(C)OC(=O)NCCCN=C(NC(=O)C(F)(F)F)n1cccn1.CC(C)(C)OC(=O)NCCCN=C(NC(=O)C(F)(F)F)n1cccn1. The number of amides is 5. The van der Waals surface area contributed by atoms with Crippen LogP contribution in [-0.2, 0) is 23.8 Å². The Labute approximate surface area is 401 Å². The zero-order chi connectivity index (χ0) is 52.5. The minimum Gasteiger partial charge on any atom is -0.444 e. The molecule has 70 heavy (non-hydrogen) atoms. The van der Waals surface area contributed by atoms with Crippen LogP contribution in [0.5, 0.6) is 0 Å². The molecule has 23 nitrogen and oxygen atoms in total. The number of halogens is 6. The molecule has 0 spiro atoms. The molecule has 5 amide bonds. The Bertz CT molecular complexity index is 2000. The number of aliphatic imine (C=N–C) groups is 3. The second-order valence-corrected chi connectivity index (χ2v) is 16.8. The number of nitrogens with two attached hydrogens (primary N) is 1. The first-order chi connectivity index (χ1) is 31.9. The summed E-state index contributed by atoms with van der Waals surface area (Å²) < 4.78 is 92.8. The van der Waals surface area contributed by atoms with Gasteiger partial charge in [-0.25, -0.2) is 28.4 Å². The lowest BCUT2D eigenvalue weighted by atomic mass is 10.2. The third kappa shape index (κ3) is 30.2. The summed E-state index contributed by atoms with van der Waals surface area (Å²) in [7, 11) is 0. The highest BCUT2D eigenvalue weighted by molar-refractivity contribution is 6.00. The summed E-state index contributed by atoms with van der Waals surface area (Å²) in [5.41, 5.74) is 3.97. The number of hydrogen-bond acceptors (Lipinski definition) is 14. The Hall–Kier alpha value is -7.23. The van der Waals surface area contributed by atoms with Gasteiger partial charge in [-0.2, -0.15) is 41.6 Å². The van der Waals surface area contributed by atoms with Crippen molar-refractivity contribution in [1.82, 2.24) is 55.9 Å². The molecule has 3 aromatic heterocycles. The normalized spacial score (nSPS) is 12.4. The van der Waals surface area contributed by atoms with Crippen molar-refractivity contribution in [1.29, 1.82) is 0 Å². The van der Waals surface area contributed by atoms with Crippen LogP contribution in [0.3, 0.4) is 0 Å². The van der Waals surface area contributed by atoms with Gasteiger partial charge in [-0.3, -0.25) is 35.2 Å². The number of rotatable bonds is 12. The topological polar surface area (TPSA) is 290 Å². The van der Waals surface area contributed by atoms with Crippen LogP contribution < -0.4 is 32.3 Å². The van der Waals surface area contributed by atoms with Gasteiger partial charge in [-0.1, -0.05) is 7.43 Å². The molecule has 0 saturated carbocycles. The third-order valence-corrected chi connectivity index (χ3v) is 6.95. The van der Waals surface area contributed by atoms with E-state index in [0.29, 0.717) is 38.3 Å². The van der Waals surface area contributed by atoms with Crippen molar-refractivity contribution >= 4 is 48.0 Å². The number of hydrogen-bond donors (Lipinski definition) is 6. The van der Waals surface area contributed by atoms with Gasteiger partial charge in [0.25, 0.3) is 0 Å². The van der Waals surface area contributed by atoms with E-state index in [9.17, 15) is 50.3 Å². The fourth-order valence-corrected chi connectivity index (χ4v) is 4.26. The maximum Gasteiger partial charge on any atom is 0.471 e. The monoisotopic (exact) mass is 1010 g/mol. The Morgan fingerprint density at radius 2 is 0.800 bits per heavy atom. The average Bonchev–Trinajstić information content (AvgIpc) is 4.03.